The first-order valence-corrected chi connectivity index (χ1v) is 10.2. The van der Waals surface area contributed by atoms with Gasteiger partial charge in [-0.3, -0.25) is 4.68 Å². The Kier molecular flexibility index (Phi) is 4.67. The van der Waals surface area contributed by atoms with Gasteiger partial charge in [-0.1, -0.05) is 18.7 Å². The highest BCUT2D eigenvalue weighted by Crippen LogP contribution is 2.27. The Morgan fingerprint density at radius 1 is 0.967 bits per heavy atom. The fourth-order valence-electron chi connectivity index (χ4n) is 3.91. The maximum atomic E-state index is 4.56. The third-order valence-corrected chi connectivity index (χ3v) is 5.56. The molecule has 6 nitrogen and oxygen atoms in total. The molecule has 1 fully saturated rings. The zero-order chi connectivity index (χ0) is 20.5. The molecule has 1 aromatic carbocycles. The van der Waals surface area contributed by atoms with Gasteiger partial charge in [-0.2, -0.15) is 5.10 Å². The molecule has 0 unspecified atom stereocenters. The maximum Gasteiger partial charge on any atom is 0.130 e. The van der Waals surface area contributed by atoms with Crippen molar-refractivity contribution < 1.29 is 0 Å². The lowest BCUT2D eigenvalue weighted by molar-refractivity contribution is 0.768. The summed E-state index contributed by atoms with van der Waals surface area (Å²) in [6.07, 6.45) is 10.1. The van der Waals surface area contributed by atoms with Crippen molar-refractivity contribution in [3.8, 4) is 11.1 Å². The molecule has 5 rings (SSSR count). The van der Waals surface area contributed by atoms with Gasteiger partial charge in [-0.05, 0) is 48.1 Å². The summed E-state index contributed by atoms with van der Waals surface area (Å²) in [5.74, 6) is 1.79. The van der Waals surface area contributed by atoms with Gasteiger partial charge in [0, 0.05) is 60.9 Å². The van der Waals surface area contributed by atoms with Crippen molar-refractivity contribution in [2.45, 2.75) is 12.8 Å². The minimum Gasteiger partial charge on any atom is -0.357 e. The molecule has 1 aliphatic rings. The lowest BCUT2D eigenvalue weighted by atomic mass is 10.0. The van der Waals surface area contributed by atoms with Crippen LogP contribution in [-0.4, -0.2) is 32.8 Å². The molecule has 3 aromatic heterocycles. The first kappa shape index (κ1) is 18.4. The van der Waals surface area contributed by atoms with Crippen LogP contribution in [0.15, 0.2) is 67.8 Å². The molecule has 0 saturated carbocycles. The van der Waals surface area contributed by atoms with E-state index in [0.717, 1.165) is 57.9 Å². The lowest BCUT2D eigenvalue weighted by Crippen LogP contribution is -2.19. The zero-order valence-corrected chi connectivity index (χ0v) is 17.0. The highest BCUT2D eigenvalue weighted by molar-refractivity contribution is 5.89. The Morgan fingerprint density at radius 2 is 1.83 bits per heavy atom. The van der Waals surface area contributed by atoms with E-state index in [2.05, 4.69) is 62.2 Å². The number of rotatable bonds is 5. The molecule has 0 amide bonds. The fourth-order valence-corrected chi connectivity index (χ4v) is 3.91. The number of aryl methyl sites for hydroxylation is 1. The molecule has 150 valence electrons. The topological polar surface area (TPSA) is 58.9 Å². The highest BCUT2D eigenvalue weighted by atomic mass is 15.2. The Bertz CT molecular complexity index is 1220. The van der Waals surface area contributed by atoms with Gasteiger partial charge < -0.3 is 10.2 Å². The van der Waals surface area contributed by atoms with E-state index >= 15 is 0 Å². The van der Waals surface area contributed by atoms with Crippen LogP contribution in [0.5, 0.6) is 0 Å². The Hall–Kier alpha value is -3.67. The molecule has 0 bridgehead atoms. The van der Waals surface area contributed by atoms with E-state index in [4.69, 9.17) is 0 Å². The predicted octanol–water partition coefficient (Wildman–Crippen LogP) is 4.71. The van der Waals surface area contributed by atoms with Crippen LogP contribution >= 0.6 is 0 Å². The van der Waals surface area contributed by atoms with Crippen LogP contribution in [0, 0.1) is 0 Å². The molecule has 0 aliphatic carbocycles. The molecule has 4 heterocycles. The van der Waals surface area contributed by atoms with E-state index in [0.29, 0.717) is 0 Å². The van der Waals surface area contributed by atoms with E-state index in [1.165, 1.54) is 12.8 Å². The number of benzene rings is 1. The minimum absolute atomic E-state index is 0.773. The second-order valence-corrected chi connectivity index (χ2v) is 7.73. The first-order valence-electron chi connectivity index (χ1n) is 10.2. The SMILES string of the molecule is C=C(Nc1cc2cc(-c3cnn(C)c3)ccc2cn1)c1ccnc(N2CCCC2)c1. The van der Waals surface area contributed by atoms with Gasteiger partial charge >= 0.3 is 0 Å². The summed E-state index contributed by atoms with van der Waals surface area (Å²) in [5, 5.41) is 9.85. The number of nitrogens with one attached hydrogen (secondary N) is 1. The predicted molar refractivity (Wildman–Crippen MR) is 122 cm³/mol. The van der Waals surface area contributed by atoms with Gasteiger partial charge in [0.25, 0.3) is 0 Å². The first-order chi connectivity index (χ1) is 14.7. The molecular weight excluding hydrogens is 372 g/mol. The Balaban J connectivity index is 1.39. The van der Waals surface area contributed by atoms with Crippen molar-refractivity contribution >= 4 is 28.1 Å². The highest BCUT2D eigenvalue weighted by Gasteiger charge is 2.14. The molecule has 1 N–H and O–H groups in total. The molecule has 0 atom stereocenters. The van der Waals surface area contributed by atoms with Crippen LogP contribution in [0.2, 0.25) is 0 Å². The largest absolute Gasteiger partial charge is 0.357 e. The summed E-state index contributed by atoms with van der Waals surface area (Å²) in [6, 6.07) is 12.5. The lowest BCUT2D eigenvalue weighted by Gasteiger charge is -2.17. The molecular formula is C24H24N6. The van der Waals surface area contributed by atoms with E-state index in [-0.39, 0.29) is 0 Å². The molecule has 6 heteroatoms. The number of fused-ring (bicyclic) bond motifs is 1. The van der Waals surface area contributed by atoms with E-state index in [1.807, 2.05) is 42.6 Å². The van der Waals surface area contributed by atoms with Crippen LogP contribution in [0.3, 0.4) is 0 Å². The molecule has 30 heavy (non-hydrogen) atoms. The smallest absolute Gasteiger partial charge is 0.130 e. The normalized spacial score (nSPS) is 13.7. The Labute approximate surface area is 175 Å². The molecule has 0 spiro atoms. The average Bonchev–Trinajstić information content (AvgIpc) is 3.45. The molecule has 1 aliphatic heterocycles. The molecule has 0 radical (unpaired) electrons. The van der Waals surface area contributed by atoms with Crippen LogP contribution in [0.1, 0.15) is 18.4 Å². The molecule has 4 aromatic rings. The van der Waals surface area contributed by atoms with Gasteiger partial charge in [0.05, 0.1) is 6.20 Å². The van der Waals surface area contributed by atoms with Crippen LogP contribution in [0.25, 0.3) is 27.6 Å². The summed E-state index contributed by atoms with van der Waals surface area (Å²) in [7, 11) is 1.93. The van der Waals surface area contributed by atoms with Gasteiger partial charge in [-0.25, -0.2) is 9.97 Å². The summed E-state index contributed by atoms with van der Waals surface area (Å²) in [6.45, 7) is 6.37. The monoisotopic (exact) mass is 396 g/mol. The standard InChI is InChI=1S/C24H24N6/c1-17(18-7-8-25-24(13-18)30-9-3-4-10-30)28-23-12-21-11-19(5-6-20(21)14-26-23)22-15-27-29(2)16-22/h5-8,11-16H,1,3-4,9-10H2,2H3,(H,26,28). The van der Waals surface area contributed by atoms with Crippen molar-refractivity contribution in [2.75, 3.05) is 23.3 Å². The third-order valence-electron chi connectivity index (χ3n) is 5.56. The van der Waals surface area contributed by atoms with E-state index in [1.54, 1.807) is 0 Å². The van der Waals surface area contributed by atoms with Crippen molar-refractivity contribution in [1.29, 1.82) is 0 Å². The number of aromatic nitrogens is 4. The number of pyridine rings is 2. The van der Waals surface area contributed by atoms with Crippen molar-refractivity contribution in [3.05, 3.63) is 73.3 Å². The molecule has 1 saturated heterocycles. The van der Waals surface area contributed by atoms with Gasteiger partial charge in [0.2, 0.25) is 0 Å². The van der Waals surface area contributed by atoms with Crippen molar-refractivity contribution in [3.63, 3.8) is 0 Å². The quantitative estimate of drug-likeness (QED) is 0.529. The number of anilines is 2. The minimum atomic E-state index is 0.773. The van der Waals surface area contributed by atoms with E-state index in [9.17, 15) is 0 Å². The summed E-state index contributed by atoms with van der Waals surface area (Å²) in [4.78, 5) is 11.4. The van der Waals surface area contributed by atoms with Gasteiger partial charge in [0.1, 0.15) is 11.6 Å². The van der Waals surface area contributed by atoms with Crippen molar-refractivity contribution in [2.24, 2.45) is 7.05 Å². The third kappa shape index (κ3) is 3.64. The van der Waals surface area contributed by atoms with Crippen LogP contribution < -0.4 is 10.2 Å². The Morgan fingerprint density at radius 3 is 2.63 bits per heavy atom. The average molecular weight is 396 g/mol. The summed E-state index contributed by atoms with van der Waals surface area (Å²) in [5.41, 5.74) is 4.07. The summed E-state index contributed by atoms with van der Waals surface area (Å²) >= 11 is 0. The second-order valence-electron chi connectivity index (χ2n) is 7.73. The van der Waals surface area contributed by atoms with Gasteiger partial charge in [0.15, 0.2) is 0 Å². The van der Waals surface area contributed by atoms with Crippen molar-refractivity contribution in [1.82, 2.24) is 19.7 Å². The maximum absolute atomic E-state index is 4.56. The summed E-state index contributed by atoms with van der Waals surface area (Å²) < 4.78 is 1.81. The van der Waals surface area contributed by atoms with Gasteiger partial charge in [-0.15, -0.1) is 0 Å². The van der Waals surface area contributed by atoms with Crippen LogP contribution in [-0.2, 0) is 7.05 Å². The fraction of sp³-hybridized carbons (Fsp3) is 0.208. The zero-order valence-electron chi connectivity index (χ0n) is 17.0. The van der Waals surface area contributed by atoms with Crippen LogP contribution in [0.4, 0.5) is 11.6 Å². The van der Waals surface area contributed by atoms with E-state index < -0.39 is 0 Å². The number of hydrogen-bond acceptors (Lipinski definition) is 5. The second kappa shape index (κ2) is 7.63. The number of hydrogen-bond donors (Lipinski definition) is 1. The number of nitrogens with zero attached hydrogens (tertiary/aromatic N) is 5.